The standard InChI is InChI=1S/C9H14NS.C2F6NO4S2/c1-4-6-10-7-11-8(3)9(10)5-2;3-1(4,5)14(10,11)9-15(12,13)2(6,7)8/h4,7H,1,5-6H2,2-3H3;/q+1;-1. The number of nitrogens with zero attached hydrogens (tertiary/aromatic N) is 2. The van der Waals surface area contributed by atoms with Gasteiger partial charge in [0.2, 0.25) is 5.51 Å². The molecule has 0 bridgehead atoms. The van der Waals surface area contributed by atoms with Crippen LogP contribution in [-0.2, 0) is 33.0 Å². The first-order chi connectivity index (χ1) is 11.5. The summed E-state index contributed by atoms with van der Waals surface area (Å²) in [6, 6.07) is 0. The van der Waals surface area contributed by atoms with Crippen LogP contribution in [0.1, 0.15) is 17.5 Å². The molecule has 26 heavy (non-hydrogen) atoms. The van der Waals surface area contributed by atoms with Gasteiger partial charge in [-0.2, -0.15) is 30.9 Å². The molecule has 0 aliphatic carbocycles. The quantitative estimate of drug-likeness (QED) is 0.393. The molecular weight excluding hydrogens is 434 g/mol. The Balaban J connectivity index is 0.000000502. The molecule has 15 heteroatoms. The molecule has 1 heterocycles. The first kappa shape index (κ1) is 24.8. The minimum absolute atomic E-state index is 0.778. The molecule has 1 aromatic rings. The second kappa shape index (κ2) is 8.67. The van der Waals surface area contributed by atoms with Gasteiger partial charge in [-0.15, -0.1) is 0 Å². The largest absolute Gasteiger partial charge is 0.480 e. The summed E-state index contributed by atoms with van der Waals surface area (Å²) in [5, 5.41) is 0. The maximum atomic E-state index is 11.4. The second-order valence-corrected chi connectivity index (χ2v) is 8.92. The zero-order valence-electron chi connectivity index (χ0n) is 13.3. The molecule has 0 aromatic carbocycles. The van der Waals surface area contributed by atoms with Gasteiger partial charge in [0, 0.05) is 6.42 Å². The van der Waals surface area contributed by atoms with E-state index in [1.54, 1.807) is 0 Å². The lowest BCUT2D eigenvalue weighted by molar-refractivity contribution is -0.689. The number of hydrogen-bond donors (Lipinski definition) is 0. The summed E-state index contributed by atoms with van der Waals surface area (Å²) in [6.07, 6.45) is 3.05. The van der Waals surface area contributed by atoms with Crippen molar-refractivity contribution in [2.24, 2.45) is 0 Å². The van der Waals surface area contributed by atoms with Crippen LogP contribution in [0.5, 0.6) is 0 Å². The molecule has 0 unspecified atom stereocenters. The first-order valence-electron chi connectivity index (χ1n) is 6.44. The van der Waals surface area contributed by atoms with Crippen molar-refractivity contribution < 1.29 is 47.7 Å². The Bertz CT molecular complexity index is 783. The van der Waals surface area contributed by atoms with Gasteiger partial charge in [0.25, 0.3) is 0 Å². The minimum atomic E-state index is -6.72. The van der Waals surface area contributed by atoms with Crippen molar-refractivity contribution in [2.45, 2.75) is 37.8 Å². The van der Waals surface area contributed by atoms with Crippen LogP contribution in [0.25, 0.3) is 4.13 Å². The fourth-order valence-electron chi connectivity index (χ4n) is 1.43. The van der Waals surface area contributed by atoms with Gasteiger partial charge in [-0.1, -0.05) is 24.8 Å². The van der Waals surface area contributed by atoms with Gasteiger partial charge in [0.05, 0.1) is 4.88 Å². The summed E-state index contributed by atoms with van der Waals surface area (Å²) >= 11 is 1.81. The summed E-state index contributed by atoms with van der Waals surface area (Å²) in [7, 11) is -13.4. The van der Waals surface area contributed by atoms with Crippen molar-refractivity contribution in [1.82, 2.24) is 0 Å². The molecule has 6 nitrogen and oxygen atoms in total. The number of rotatable bonds is 5. The highest BCUT2D eigenvalue weighted by atomic mass is 32.3. The molecule has 0 saturated heterocycles. The fraction of sp³-hybridized carbons (Fsp3) is 0.545. The van der Waals surface area contributed by atoms with E-state index in [1.165, 1.54) is 10.6 Å². The van der Waals surface area contributed by atoms with E-state index in [0.29, 0.717) is 0 Å². The highest BCUT2D eigenvalue weighted by Gasteiger charge is 2.46. The molecular formula is C11H14F6N2O4S3. The summed E-state index contributed by atoms with van der Waals surface area (Å²) in [5.74, 6) is 0. The molecule has 0 saturated carbocycles. The van der Waals surface area contributed by atoms with Crippen molar-refractivity contribution in [1.29, 1.82) is 0 Å². The smallest absolute Gasteiger partial charge is 0.421 e. The van der Waals surface area contributed by atoms with Crippen molar-refractivity contribution in [3.05, 3.63) is 32.9 Å². The number of aromatic nitrogens is 1. The SMILES string of the molecule is C=CC[n+]1csc(C)c1CC.O=S(=O)([N-]S(=O)(=O)C(F)(F)F)C(F)(F)F. The summed E-state index contributed by atoms with van der Waals surface area (Å²) < 4.78 is 111. The molecule has 0 aliphatic heterocycles. The highest BCUT2D eigenvalue weighted by Crippen LogP contribution is 2.36. The lowest BCUT2D eigenvalue weighted by atomic mass is 10.3. The van der Waals surface area contributed by atoms with Crippen molar-refractivity contribution in [3.63, 3.8) is 0 Å². The monoisotopic (exact) mass is 448 g/mol. The van der Waals surface area contributed by atoms with Crippen LogP contribution < -0.4 is 4.57 Å². The Labute approximate surface area is 150 Å². The van der Waals surface area contributed by atoms with E-state index in [1.807, 2.05) is 17.4 Å². The topological polar surface area (TPSA) is 86.3 Å². The number of alkyl halides is 6. The van der Waals surface area contributed by atoms with E-state index in [0.717, 1.165) is 17.1 Å². The summed E-state index contributed by atoms with van der Waals surface area (Å²) in [5.41, 5.74) is -8.80. The number of hydrogen-bond acceptors (Lipinski definition) is 5. The fourth-order valence-corrected chi connectivity index (χ4v) is 4.04. The van der Waals surface area contributed by atoms with Gasteiger partial charge >= 0.3 is 11.0 Å². The van der Waals surface area contributed by atoms with E-state index in [-0.39, 0.29) is 0 Å². The zero-order chi connectivity index (χ0) is 21.0. The number of allylic oxidation sites excluding steroid dienone is 1. The number of thiazole rings is 1. The van der Waals surface area contributed by atoms with Gasteiger partial charge in [-0.3, -0.25) is 0 Å². The molecule has 1 rings (SSSR count). The molecule has 0 fully saturated rings. The third-order valence-corrected chi connectivity index (χ3v) is 6.24. The Kier molecular flexibility index (Phi) is 8.27. The normalized spacial score (nSPS) is 13.1. The van der Waals surface area contributed by atoms with E-state index < -0.39 is 31.1 Å². The molecule has 0 aliphatic rings. The highest BCUT2D eigenvalue weighted by molar-refractivity contribution is 8.13. The molecule has 0 spiro atoms. The average molecular weight is 448 g/mol. The first-order valence-corrected chi connectivity index (χ1v) is 10.2. The van der Waals surface area contributed by atoms with E-state index in [2.05, 4.69) is 30.5 Å². The predicted molar refractivity (Wildman–Crippen MR) is 82.1 cm³/mol. The number of aryl methyl sites for hydroxylation is 1. The van der Waals surface area contributed by atoms with Crippen LogP contribution in [0, 0.1) is 6.92 Å². The molecule has 0 N–H and O–H groups in total. The van der Waals surface area contributed by atoms with Crippen molar-refractivity contribution in [3.8, 4) is 0 Å². The van der Waals surface area contributed by atoms with Crippen LogP contribution in [0.4, 0.5) is 26.3 Å². The molecule has 0 atom stereocenters. The Morgan fingerprint density at radius 1 is 1.12 bits per heavy atom. The van der Waals surface area contributed by atoms with Gasteiger partial charge < -0.3 is 4.13 Å². The lowest BCUT2D eigenvalue weighted by Crippen LogP contribution is -2.34. The van der Waals surface area contributed by atoms with Gasteiger partial charge in [0.15, 0.2) is 32.3 Å². The van der Waals surface area contributed by atoms with Crippen LogP contribution in [0.15, 0.2) is 18.2 Å². The van der Waals surface area contributed by atoms with Crippen LogP contribution in [-0.4, -0.2) is 27.9 Å². The molecule has 152 valence electrons. The average Bonchev–Trinajstić information content (AvgIpc) is 2.76. The lowest BCUT2D eigenvalue weighted by Gasteiger charge is -2.22. The Morgan fingerprint density at radius 2 is 1.54 bits per heavy atom. The molecule has 0 amide bonds. The maximum absolute atomic E-state index is 11.4. The second-order valence-electron chi connectivity index (χ2n) is 4.44. The van der Waals surface area contributed by atoms with Gasteiger partial charge in [-0.25, -0.2) is 16.8 Å². The van der Waals surface area contributed by atoms with Gasteiger partial charge in [-0.05, 0) is 13.0 Å². The molecule has 1 aromatic heterocycles. The van der Waals surface area contributed by atoms with E-state index in [9.17, 15) is 43.2 Å². The third kappa shape index (κ3) is 6.51. The van der Waals surface area contributed by atoms with Crippen molar-refractivity contribution >= 4 is 31.4 Å². The Morgan fingerprint density at radius 3 is 1.85 bits per heavy atom. The Hall–Kier alpha value is -1.19. The van der Waals surface area contributed by atoms with Crippen LogP contribution in [0.3, 0.4) is 0 Å². The number of sulfonamides is 2. The van der Waals surface area contributed by atoms with Crippen LogP contribution >= 0.6 is 11.3 Å². The maximum Gasteiger partial charge on any atom is 0.480 e. The zero-order valence-corrected chi connectivity index (χ0v) is 15.7. The summed E-state index contributed by atoms with van der Waals surface area (Å²) in [6.45, 7) is 9.02. The third-order valence-electron chi connectivity index (χ3n) is 2.55. The predicted octanol–water partition coefficient (Wildman–Crippen LogP) is 3.15. The van der Waals surface area contributed by atoms with Crippen LogP contribution in [0.2, 0.25) is 0 Å². The number of halogens is 6. The minimum Gasteiger partial charge on any atom is -0.421 e. The van der Waals surface area contributed by atoms with E-state index in [4.69, 9.17) is 0 Å². The van der Waals surface area contributed by atoms with E-state index >= 15 is 0 Å². The molecule has 0 radical (unpaired) electrons. The van der Waals surface area contributed by atoms with Gasteiger partial charge in [0.1, 0.15) is 0 Å². The van der Waals surface area contributed by atoms with Crippen molar-refractivity contribution in [2.75, 3.05) is 0 Å². The summed E-state index contributed by atoms with van der Waals surface area (Å²) in [4.78, 5) is 1.43.